The number of carbonyl (C=O) groups excluding carboxylic acids is 1. The van der Waals surface area contributed by atoms with Crippen LogP contribution in [0.2, 0.25) is 0 Å². The van der Waals surface area contributed by atoms with Crippen molar-refractivity contribution in [2.24, 2.45) is 0 Å². The minimum absolute atomic E-state index is 0.138. The highest BCUT2D eigenvalue weighted by Gasteiger charge is 2.31. The maximum Gasteiger partial charge on any atom is 0.573 e. The first-order chi connectivity index (χ1) is 7.33. The van der Waals surface area contributed by atoms with Crippen LogP contribution in [0.1, 0.15) is 11.7 Å². The summed E-state index contributed by atoms with van der Waals surface area (Å²) in [6.07, 6.45) is -6.31. The van der Waals surface area contributed by atoms with E-state index in [1.807, 2.05) is 0 Å². The third-order valence-corrected chi connectivity index (χ3v) is 1.68. The fourth-order valence-electron chi connectivity index (χ4n) is 1.04. The summed E-state index contributed by atoms with van der Waals surface area (Å²) >= 11 is 0. The lowest BCUT2D eigenvalue weighted by Crippen LogP contribution is -2.17. The Balaban J connectivity index is 2.95. The molecule has 0 spiro atoms. The van der Waals surface area contributed by atoms with Crippen LogP contribution in [0.3, 0.4) is 0 Å². The van der Waals surface area contributed by atoms with Crippen molar-refractivity contribution in [3.8, 4) is 11.5 Å². The number of hydrogen-bond acceptors (Lipinski definition) is 4. The van der Waals surface area contributed by atoms with Crippen molar-refractivity contribution in [3.05, 3.63) is 23.8 Å². The minimum atomic E-state index is -4.86. The second-order valence-electron chi connectivity index (χ2n) is 2.85. The summed E-state index contributed by atoms with van der Waals surface area (Å²) in [5, 5.41) is 18.3. The van der Waals surface area contributed by atoms with Gasteiger partial charge in [-0.05, 0) is 12.1 Å². The number of benzene rings is 1. The van der Waals surface area contributed by atoms with Gasteiger partial charge >= 0.3 is 6.36 Å². The zero-order chi connectivity index (χ0) is 12.3. The highest BCUT2D eigenvalue weighted by Crippen LogP contribution is 2.30. The van der Waals surface area contributed by atoms with Gasteiger partial charge in [0, 0.05) is 11.6 Å². The van der Waals surface area contributed by atoms with Gasteiger partial charge in [0.05, 0.1) is 0 Å². The summed E-state index contributed by atoms with van der Waals surface area (Å²) in [6.45, 7) is 0. The van der Waals surface area contributed by atoms with Gasteiger partial charge in [-0.2, -0.15) is 0 Å². The number of aldehydes is 1. The van der Waals surface area contributed by atoms with Crippen LogP contribution in [0.4, 0.5) is 13.2 Å². The van der Waals surface area contributed by atoms with Crippen molar-refractivity contribution in [2.75, 3.05) is 0 Å². The Kier molecular flexibility index (Phi) is 3.38. The van der Waals surface area contributed by atoms with E-state index in [1.54, 1.807) is 0 Å². The molecular weight excluding hydrogens is 229 g/mol. The molecule has 0 amide bonds. The lowest BCUT2D eigenvalue weighted by molar-refractivity contribution is -0.274. The maximum absolute atomic E-state index is 11.8. The van der Waals surface area contributed by atoms with Crippen molar-refractivity contribution in [1.29, 1.82) is 0 Å². The molecule has 0 aromatic heterocycles. The number of aliphatic hydroxyl groups is 1. The number of rotatable bonds is 3. The highest BCUT2D eigenvalue weighted by molar-refractivity contribution is 5.62. The number of aliphatic hydroxyl groups excluding tert-OH is 1. The highest BCUT2D eigenvalue weighted by atomic mass is 19.4. The minimum Gasteiger partial charge on any atom is -0.507 e. The fraction of sp³-hybridized carbons (Fsp3) is 0.222. The van der Waals surface area contributed by atoms with E-state index in [4.69, 9.17) is 5.11 Å². The lowest BCUT2D eigenvalue weighted by Gasteiger charge is -2.11. The van der Waals surface area contributed by atoms with Crippen molar-refractivity contribution in [3.63, 3.8) is 0 Å². The van der Waals surface area contributed by atoms with Crippen LogP contribution in [-0.4, -0.2) is 22.9 Å². The third-order valence-electron chi connectivity index (χ3n) is 1.68. The van der Waals surface area contributed by atoms with E-state index in [1.165, 1.54) is 0 Å². The van der Waals surface area contributed by atoms with E-state index in [2.05, 4.69) is 4.74 Å². The molecule has 1 aromatic rings. The fourth-order valence-corrected chi connectivity index (χ4v) is 1.04. The largest absolute Gasteiger partial charge is 0.573 e. The predicted octanol–water partition coefficient (Wildman–Crippen LogP) is 1.52. The molecule has 2 N–H and O–H groups in total. The molecule has 1 unspecified atom stereocenters. The number of ether oxygens (including phenoxy) is 1. The molecule has 0 heterocycles. The standard InChI is InChI=1S/C9H7F3O4/c10-9(11,12)16-5-1-2-6(7(14)3-5)8(15)4-13/h1-4,8,14-15H. The zero-order valence-electron chi connectivity index (χ0n) is 7.73. The van der Waals surface area contributed by atoms with Crippen molar-refractivity contribution in [2.45, 2.75) is 12.5 Å². The first kappa shape index (κ1) is 12.3. The molecule has 7 heteroatoms. The number of alkyl halides is 3. The normalized spacial score (nSPS) is 13.2. The Labute approximate surface area is 87.9 Å². The number of hydrogen-bond donors (Lipinski definition) is 2. The molecule has 4 nitrogen and oxygen atoms in total. The molecule has 0 saturated carbocycles. The molecule has 0 fully saturated rings. The molecule has 0 aliphatic heterocycles. The summed E-state index contributed by atoms with van der Waals surface area (Å²) in [7, 11) is 0. The van der Waals surface area contributed by atoms with Crippen LogP contribution in [0, 0.1) is 0 Å². The Morgan fingerprint density at radius 3 is 2.44 bits per heavy atom. The van der Waals surface area contributed by atoms with Gasteiger partial charge in [-0.3, -0.25) is 0 Å². The van der Waals surface area contributed by atoms with Crippen LogP contribution in [-0.2, 0) is 4.79 Å². The van der Waals surface area contributed by atoms with E-state index >= 15 is 0 Å². The second kappa shape index (κ2) is 4.40. The van der Waals surface area contributed by atoms with Gasteiger partial charge in [-0.15, -0.1) is 13.2 Å². The average Bonchev–Trinajstić information content (AvgIpc) is 2.14. The van der Waals surface area contributed by atoms with Gasteiger partial charge in [0.15, 0.2) is 6.29 Å². The predicted molar refractivity (Wildman–Crippen MR) is 45.8 cm³/mol. The Bertz CT molecular complexity index is 389. The number of carbonyl (C=O) groups is 1. The average molecular weight is 236 g/mol. The summed E-state index contributed by atoms with van der Waals surface area (Å²) in [4.78, 5) is 10.2. The molecular formula is C9H7F3O4. The van der Waals surface area contributed by atoms with Gasteiger partial charge in [0.1, 0.15) is 17.6 Å². The molecule has 0 aliphatic carbocycles. The molecule has 1 atom stereocenters. The molecule has 0 saturated heterocycles. The summed E-state index contributed by atoms with van der Waals surface area (Å²) in [6, 6.07) is 2.51. The van der Waals surface area contributed by atoms with Crippen molar-refractivity contribution < 1.29 is 32.9 Å². The smallest absolute Gasteiger partial charge is 0.507 e. The molecule has 1 aromatic carbocycles. The number of aromatic hydroxyl groups is 1. The van der Waals surface area contributed by atoms with Gasteiger partial charge in [0.2, 0.25) is 0 Å². The first-order valence-electron chi connectivity index (χ1n) is 4.05. The second-order valence-corrected chi connectivity index (χ2v) is 2.85. The number of phenols is 1. The van der Waals surface area contributed by atoms with E-state index in [-0.39, 0.29) is 11.8 Å². The topological polar surface area (TPSA) is 66.8 Å². The van der Waals surface area contributed by atoms with Crippen molar-refractivity contribution in [1.82, 2.24) is 0 Å². The van der Waals surface area contributed by atoms with Crippen LogP contribution in [0.25, 0.3) is 0 Å². The van der Waals surface area contributed by atoms with Gasteiger partial charge in [0.25, 0.3) is 0 Å². The molecule has 0 bridgehead atoms. The summed E-state index contributed by atoms with van der Waals surface area (Å²) in [5.74, 6) is -1.28. The zero-order valence-corrected chi connectivity index (χ0v) is 7.73. The lowest BCUT2D eigenvalue weighted by atomic mass is 10.1. The van der Waals surface area contributed by atoms with E-state index in [9.17, 15) is 23.1 Å². The SMILES string of the molecule is O=CC(O)c1ccc(OC(F)(F)F)cc1O. The van der Waals surface area contributed by atoms with E-state index < -0.39 is 24.0 Å². The maximum atomic E-state index is 11.8. The van der Waals surface area contributed by atoms with Gasteiger partial charge in [-0.25, -0.2) is 0 Å². The van der Waals surface area contributed by atoms with Gasteiger partial charge in [-0.1, -0.05) is 0 Å². The van der Waals surface area contributed by atoms with Gasteiger partial charge < -0.3 is 19.7 Å². The molecule has 0 aliphatic rings. The van der Waals surface area contributed by atoms with E-state index in [0.29, 0.717) is 6.07 Å². The number of phenolic OH excluding ortho intramolecular Hbond substituents is 1. The Morgan fingerprint density at radius 2 is 2.00 bits per heavy atom. The number of halogens is 3. The quantitative estimate of drug-likeness (QED) is 0.781. The van der Waals surface area contributed by atoms with Crippen LogP contribution >= 0.6 is 0 Å². The molecule has 16 heavy (non-hydrogen) atoms. The van der Waals surface area contributed by atoms with Crippen LogP contribution in [0.5, 0.6) is 11.5 Å². The summed E-state index contributed by atoms with van der Waals surface area (Å²) in [5.41, 5.74) is -0.190. The monoisotopic (exact) mass is 236 g/mol. The third kappa shape index (κ3) is 3.13. The summed E-state index contributed by atoms with van der Waals surface area (Å²) < 4.78 is 38.9. The molecule has 0 radical (unpaired) electrons. The Hall–Kier alpha value is -1.76. The van der Waals surface area contributed by atoms with Crippen LogP contribution < -0.4 is 4.74 Å². The van der Waals surface area contributed by atoms with Crippen molar-refractivity contribution >= 4 is 6.29 Å². The molecule has 88 valence electrons. The Morgan fingerprint density at radius 1 is 1.38 bits per heavy atom. The van der Waals surface area contributed by atoms with E-state index in [0.717, 1.165) is 12.1 Å². The first-order valence-corrected chi connectivity index (χ1v) is 4.05. The van der Waals surface area contributed by atoms with Crippen LogP contribution in [0.15, 0.2) is 18.2 Å². The molecule has 1 rings (SSSR count).